The first-order valence-electron chi connectivity index (χ1n) is 29.5. The largest absolute Gasteiger partial charge is 0.508 e. The molecule has 0 saturated heterocycles. The van der Waals surface area contributed by atoms with E-state index in [9.17, 15) is 55.9 Å². The number of halogens is 3. The zero-order valence-electron chi connectivity index (χ0n) is 57.2. The Morgan fingerprint density at radius 1 is 0.459 bits per heavy atom. The Labute approximate surface area is 596 Å². The summed E-state index contributed by atoms with van der Waals surface area (Å²) in [5.74, 6) is 2.55. The Hall–Kier alpha value is -8.11. The van der Waals surface area contributed by atoms with Gasteiger partial charge in [0.05, 0.1) is 58.6 Å². The van der Waals surface area contributed by atoms with E-state index in [2.05, 4.69) is 103 Å². The fourth-order valence-corrected chi connectivity index (χ4v) is 13.8. The second-order valence-electron chi connectivity index (χ2n) is 25.9. The maximum Gasteiger partial charge on any atom is 0.369 e. The number of benzene rings is 6. The van der Waals surface area contributed by atoms with E-state index in [0.717, 1.165) is 4.68 Å². The van der Waals surface area contributed by atoms with Crippen LogP contribution in [-0.4, -0.2) is 144 Å². The van der Waals surface area contributed by atoms with Crippen LogP contribution in [0.3, 0.4) is 0 Å². The van der Waals surface area contributed by atoms with Crippen LogP contribution < -0.4 is 14.2 Å². The van der Waals surface area contributed by atoms with E-state index in [-0.39, 0.29) is 101 Å². The van der Waals surface area contributed by atoms with Gasteiger partial charge in [0, 0.05) is 23.0 Å². The molecule has 0 aliphatic carbocycles. The molecule has 0 amide bonds. The van der Waals surface area contributed by atoms with Crippen LogP contribution in [0.15, 0.2) is 139 Å². The van der Waals surface area contributed by atoms with Crippen LogP contribution in [0, 0.1) is 26.3 Å². The number of sulfone groups is 3. The Kier molecular flexibility index (Phi) is 26.2. The molecule has 26 nitrogen and oxygen atoms in total. The van der Waals surface area contributed by atoms with Crippen molar-refractivity contribution < 1.29 is 74.9 Å². The molecule has 0 aliphatic rings. The van der Waals surface area contributed by atoms with Crippen molar-refractivity contribution in [3.63, 3.8) is 0 Å². The standard InChI is InChI=1S/C21H25N3O5S.C20H23N3O5S.C19H21N3O5S.C4H11N2Si.BBr3/c1-13-20(22-23-24(13)17-11-14(28-5)7-10-19(17)29-6)30(26,27)15-8-9-16(18(25)12-15)21(2,3)4;1-12-19(21-22-23(12)16-10-13(24)6-9-18(16)28-5)29(26,27)14-7-8-15(17(25)11-14)20(2,3)4;1-11-18(20-21-22(11)15-9-12(23)5-8-16(15)24)28(26,27)13-6-7-14(17(25)10-13)19(2,3)4;1-7(2,3)4-6-5;2-1(3)4/h7-12,25H,1-6H3;6-11,24-25H,1-5H3;5-10,23-25H,1-4H3;4-5H,1-3H3;/q;;;+1;. The van der Waals surface area contributed by atoms with E-state index in [0.29, 0.717) is 51.0 Å². The van der Waals surface area contributed by atoms with Gasteiger partial charge in [-0.1, -0.05) is 116 Å². The predicted octanol–water partition coefficient (Wildman–Crippen LogP) is 12.7. The number of nitrogens with zero attached hydrogens (tertiary/aromatic N) is 10. The van der Waals surface area contributed by atoms with Gasteiger partial charge in [-0.05, 0) is 127 Å². The molecule has 3 heterocycles. The van der Waals surface area contributed by atoms with E-state index in [1.54, 1.807) is 62.1 Å². The molecule has 3 aromatic heterocycles. The van der Waals surface area contributed by atoms with E-state index in [1.807, 2.05) is 62.3 Å². The molecule has 0 saturated carbocycles. The minimum atomic E-state index is -4.06. The van der Waals surface area contributed by atoms with Gasteiger partial charge in [0.15, 0.2) is 8.07 Å². The molecule has 34 heteroatoms. The third-order valence-corrected chi connectivity index (χ3v) is 20.4. The summed E-state index contributed by atoms with van der Waals surface area (Å²) < 4.78 is 98.7. The molecule has 0 aliphatic heterocycles. The molecule has 9 rings (SSSR count). The van der Waals surface area contributed by atoms with Gasteiger partial charge < -0.3 is 44.8 Å². The number of rotatable bonds is 13. The second-order valence-corrected chi connectivity index (χ2v) is 42.9. The normalized spacial score (nSPS) is 11.8. The van der Waals surface area contributed by atoms with Crippen molar-refractivity contribution in [2.45, 2.75) is 149 Å². The molecular weight excluding hydrogens is 1540 g/mol. The summed E-state index contributed by atoms with van der Waals surface area (Å²) in [6, 6.07) is 26.1. The highest BCUT2D eigenvalue weighted by Gasteiger charge is 2.33. The number of aromatic nitrogens is 9. The van der Waals surface area contributed by atoms with Crippen molar-refractivity contribution in [2.24, 2.45) is 0 Å². The zero-order valence-corrected chi connectivity index (χ0v) is 65.4. The van der Waals surface area contributed by atoms with Gasteiger partial charge in [-0.25, -0.2) is 39.3 Å². The Bertz CT molecular complexity index is 4770. The van der Waals surface area contributed by atoms with Crippen LogP contribution in [0.2, 0.25) is 19.6 Å². The van der Waals surface area contributed by atoms with Gasteiger partial charge >= 0.3 is 3.18 Å². The van der Waals surface area contributed by atoms with Crippen LogP contribution in [0.1, 0.15) is 96.1 Å². The molecule has 98 heavy (non-hydrogen) atoms. The summed E-state index contributed by atoms with van der Waals surface area (Å²) >= 11 is 9.31. The summed E-state index contributed by atoms with van der Waals surface area (Å²) in [6.45, 7) is 28.4. The smallest absolute Gasteiger partial charge is 0.369 e. The summed E-state index contributed by atoms with van der Waals surface area (Å²) in [5, 5.41) is 83.0. The third-order valence-electron chi connectivity index (χ3n) is 14.2. The average Bonchev–Trinajstić information content (AvgIpc) is 1.52. The van der Waals surface area contributed by atoms with Crippen molar-refractivity contribution >= 4 is 93.9 Å². The number of hydrogen-bond donors (Lipinski definition) is 7. The quantitative estimate of drug-likeness (QED) is 0.0185. The average molecular weight is 1620 g/mol. The van der Waals surface area contributed by atoms with Gasteiger partial charge in [-0.2, -0.15) is 0 Å². The van der Waals surface area contributed by atoms with E-state index in [1.165, 1.54) is 104 Å². The molecule has 6 aromatic carbocycles. The molecule has 526 valence electrons. The van der Waals surface area contributed by atoms with E-state index in [4.69, 9.17) is 19.7 Å². The van der Waals surface area contributed by atoms with Gasteiger partial charge in [-0.3, -0.25) is 0 Å². The molecule has 0 fully saturated rings. The lowest BCUT2D eigenvalue weighted by molar-refractivity contribution is -0.109. The zero-order chi connectivity index (χ0) is 74.2. The van der Waals surface area contributed by atoms with Gasteiger partial charge in [0.2, 0.25) is 44.6 Å². The summed E-state index contributed by atoms with van der Waals surface area (Å²) in [6.07, 6.45) is 0. The van der Waals surface area contributed by atoms with Gasteiger partial charge in [-0.15, -0.1) is 62.6 Å². The molecule has 7 N–H and O–H groups in total. The number of nitrogens with one attached hydrogen (secondary N) is 1. The highest BCUT2D eigenvalue weighted by Crippen LogP contribution is 2.39. The SMILES string of the molecule is BrB(Br)Br.COc1ccc(O)cc1-n1nnc(S(=O)(=O)c2ccc(C(C)(C)C)c(O)c2)c1C.COc1ccc(OC)c(-n2nnc(S(=O)(=O)c3ccc(C(C)(C)C)c(O)c3)c2C)c1.C[Si](C)(C)C=[N+]=N.Cc1c(S(=O)(=O)c2ccc(C(C)(C)C)c(O)c2)nnn1-c1cc(O)ccc1O. The number of phenolic OH excluding ortho intramolecular Hbond substituents is 6. The first-order valence-corrected chi connectivity index (χ1v) is 40.2. The molecule has 0 bridgehead atoms. The number of methoxy groups -OCH3 is 3. The maximum absolute atomic E-state index is 13.2. The van der Waals surface area contributed by atoms with Crippen LogP contribution >= 0.6 is 47.3 Å². The molecule has 0 radical (unpaired) electrons. The fraction of sp³-hybridized carbons (Fsp3) is 0.328. The Morgan fingerprint density at radius 3 is 1.05 bits per heavy atom. The Balaban J connectivity index is 0.000000246. The van der Waals surface area contributed by atoms with E-state index >= 15 is 0 Å². The first-order chi connectivity index (χ1) is 45.2. The molecule has 0 unspecified atom stereocenters. The highest BCUT2D eigenvalue weighted by atomic mass is 79.9. The molecule has 9 aromatic rings. The lowest BCUT2D eigenvalue weighted by Crippen LogP contribution is -2.22. The van der Waals surface area contributed by atoms with Crippen LogP contribution in [0.25, 0.3) is 17.1 Å². The minimum Gasteiger partial charge on any atom is -0.508 e. The monoisotopic (exact) mass is 1610 g/mol. The van der Waals surface area contributed by atoms with Crippen molar-refractivity contribution in [1.29, 1.82) is 5.53 Å². The van der Waals surface area contributed by atoms with E-state index < -0.39 is 37.6 Å². The Morgan fingerprint density at radius 2 is 0.765 bits per heavy atom. The fourth-order valence-electron chi connectivity index (χ4n) is 9.33. The van der Waals surface area contributed by atoms with Gasteiger partial charge in [0.1, 0.15) is 68.8 Å². The number of ether oxygens (including phenoxy) is 3. The number of phenols is 6. The lowest BCUT2D eigenvalue weighted by Gasteiger charge is -2.20. The number of aromatic hydroxyl groups is 6. The molecule has 0 spiro atoms. The minimum absolute atomic E-state index is 0.0252. The van der Waals surface area contributed by atoms with Crippen molar-refractivity contribution in [3.05, 3.63) is 143 Å². The van der Waals surface area contributed by atoms with Crippen molar-refractivity contribution in [3.8, 4) is 68.8 Å². The van der Waals surface area contributed by atoms with Crippen LogP contribution in [-0.2, 0) is 45.8 Å². The summed E-state index contributed by atoms with van der Waals surface area (Å²) in [4.78, 5) is 2.94. The second kappa shape index (κ2) is 31.8. The highest BCUT2D eigenvalue weighted by molar-refractivity contribution is 9.69. The van der Waals surface area contributed by atoms with Crippen LogP contribution in [0.4, 0.5) is 0 Å². The molecule has 0 atom stereocenters. The van der Waals surface area contributed by atoms with Crippen molar-refractivity contribution in [1.82, 2.24) is 45.0 Å². The summed E-state index contributed by atoms with van der Waals surface area (Å²) in [5.41, 5.74) is 9.01. The first kappa shape index (κ1) is 80.6. The topological polar surface area (TPSA) is 382 Å². The van der Waals surface area contributed by atoms with Gasteiger partial charge in [0.25, 0.3) is 5.84 Å². The summed E-state index contributed by atoms with van der Waals surface area (Å²) in [7, 11) is -8.73. The van der Waals surface area contributed by atoms with Crippen LogP contribution in [0.5, 0.6) is 51.7 Å². The maximum atomic E-state index is 13.2. The third kappa shape index (κ3) is 19.4. The molecular formula is C64H80BBr3N11O15S3Si+. The number of hydrogen-bond acceptors (Lipinski definition) is 22. The van der Waals surface area contributed by atoms with Crippen molar-refractivity contribution in [2.75, 3.05) is 21.3 Å². The lowest BCUT2D eigenvalue weighted by atomic mass is 9.86. The predicted molar refractivity (Wildman–Crippen MR) is 385 cm³/mol.